The van der Waals surface area contributed by atoms with Crippen molar-refractivity contribution in [1.82, 2.24) is 19.0 Å². The summed E-state index contributed by atoms with van der Waals surface area (Å²) in [5.74, 6) is 4.72. The van der Waals surface area contributed by atoms with Crippen molar-refractivity contribution in [2.24, 2.45) is 0 Å². The monoisotopic (exact) mass is 470 g/mol. The second kappa shape index (κ2) is 9.09. The molecule has 1 aromatic carbocycles. The van der Waals surface area contributed by atoms with Gasteiger partial charge in [-0.1, -0.05) is 17.9 Å². The molecule has 0 saturated carbocycles. The van der Waals surface area contributed by atoms with Gasteiger partial charge in [0, 0.05) is 56.9 Å². The minimum atomic E-state index is -1.67. The standard InChI is InChI=1S/C23H26N4O5S/c1-4-32-21(28)20-18-15-26(33(3)31)12-9-19(18)27(24-20)17-7-5-6-16(14-17)8-10-23(30)11-13-25(2)22(23)29/h5-7,14,30H,4,9,11-13,15H2,1-3H3/t23-,33?/m0/s1. The van der Waals surface area contributed by atoms with E-state index in [-0.39, 0.29) is 18.7 Å². The van der Waals surface area contributed by atoms with Crippen LogP contribution in [0, 0.1) is 11.8 Å². The molecule has 174 valence electrons. The molecule has 2 atom stereocenters. The lowest BCUT2D eigenvalue weighted by molar-refractivity contribution is -0.137. The molecule has 9 nitrogen and oxygen atoms in total. The Labute approximate surface area is 194 Å². The average Bonchev–Trinajstić information content (AvgIpc) is 3.31. The van der Waals surface area contributed by atoms with Gasteiger partial charge in [-0.2, -0.15) is 5.10 Å². The van der Waals surface area contributed by atoms with Gasteiger partial charge in [-0.15, -0.1) is 0 Å². The molecule has 1 aromatic heterocycles. The fourth-order valence-electron chi connectivity index (χ4n) is 4.05. The molecule has 33 heavy (non-hydrogen) atoms. The zero-order valence-electron chi connectivity index (χ0n) is 18.8. The van der Waals surface area contributed by atoms with Crippen molar-refractivity contribution in [2.45, 2.75) is 31.9 Å². The normalized spacial score (nSPS) is 21.3. The summed E-state index contributed by atoms with van der Waals surface area (Å²) < 4.78 is 20.7. The average molecular weight is 471 g/mol. The molecule has 0 spiro atoms. The van der Waals surface area contributed by atoms with Crippen LogP contribution in [0.15, 0.2) is 24.3 Å². The van der Waals surface area contributed by atoms with Crippen LogP contribution in [0.4, 0.5) is 0 Å². The summed E-state index contributed by atoms with van der Waals surface area (Å²) in [6.07, 6.45) is 2.44. The highest BCUT2D eigenvalue weighted by atomic mass is 32.2. The maximum Gasteiger partial charge on any atom is 0.359 e. The highest BCUT2D eigenvalue weighted by Gasteiger charge is 2.42. The van der Waals surface area contributed by atoms with E-state index in [0.29, 0.717) is 42.9 Å². The summed E-state index contributed by atoms with van der Waals surface area (Å²) in [4.78, 5) is 26.2. The van der Waals surface area contributed by atoms with E-state index in [1.54, 1.807) is 47.4 Å². The summed E-state index contributed by atoms with van der Waals surface area (Å²) in [7, 11) is 0.473. The van der Waals surface area contributed by atoms with Gasteiger partial charge in [0.15, 0.2) is 5.69 Å². The lowest BCUT2D eigenvalue weighted by Crippen LogP contribution is -2.37. The number of nitrogens with zero attached hydrogens (tertiary/aromatic N) is 4. The van der Waals surface area contributed by atoms with Crippen LogP contribution < -0.4 is 0 Å². The van der Waals surface area contributed by atoms with Gasteiger partial charge < -0.3 is 14.7 Å². The number of hydrogen-bond acceptors (Lipinski definition) is 6. The lowest BCUT2D eigenvalue weighted by Gasteiger charge is -2.25. The molecule has 1 amide bonds. The topological polar surface area (TPSA) is 105 Å². The van der Waals surface area contributed by atoms with Gasteiger partial charge in [0.25, 0.3) is 5.91 Å². The third-order valence-corrected chi connectivity index (χ3v) is 6.91. The van der Waals surface area contributed by atoms with E-state index in [4.69, 9.17) is 4.74 Å². The van der Waals surface area contributed by atoms with Crippen molar-refractivity contribution < 1.29 is 23.6 Å². The number of ether oxygens (including phenoxy) is 1. The van der Waals surface area contributed by atoms with Crippen LogP contribution in [0.5, 0.6) is 0 Å². The maximum absolute atomic E-state index is 12.6. The van der Waals surface area contributed by atoms with Gasteiger partial charge >= 0.3 is 5.97 Å². The van der Waals surface area contributed by atoms with Gasteiger partial charge in [0.05, 0.1) is 29.0 Å². The first-order valence-electron chi connectivity index (χ1n) is 10.7. The number of hydrogen-bond donors (Lipinski definition) is 1. The Bertz CT molecular complexity index is 1200. The fourth-order valence-corrected chi connectivity index (χ4v) is 4.71. The number of rotatable bonds is 4. The number of aromatic nitrogens is 2. The number of likely N-dealkylation sites (tertiary alicyclic amines) is 1. The Morgan fingerprint density at radius 3 is 2.82 bits per heavy atom. The summed E-state index contributed by atoms with van der Waals surface area (Å²) in [5, 5.41) is 15.1. The number of amides is 1. The molecular formula is C23H26N4O5S. The molecule has 4 rings (SSSR count). The molecule has 2 aliphatic heterocycles. The third kappa shape index (κ3) is 4.44. The first-order chi connectivity index (χ1) is 15.7. The predicted octanol–water partition coefficient (Wildman–Crippen LogP) is 0.645. The van der Waals surface area contributed by atoms with Crippen molar-refractivity contribution in [3.8, 4) is 17.5 Å². The second-order valence-electron chi connectivity index (χ2n) is 8.08. The van der Waals surface area contributed by atoms with E-state index in [0.717, 1.165) is 5.69 Å². The molecule has 1 unspecified atom stereocenters. The van der Waals surface area contributed by atoms with Gasteiger partial charge in [0.2, 0.25) is 5.60 Å². The van der Waals surface area contributed by atoms with Crippen LogP contribution >= 0.6 is 0 Å². The van der Waals surface area contributed by atoms with E-state index >= 15 is 0 Å². The molecule has 1 fully saturated rings. The summed E-state index contributed by atoms with van der Waals surface area (Å²) in [6, 6.07) is 7.24. The maximum atomic E-state index is 12.6. The van der Waals surface area contributed by atoms with Crippen LogP contribution in [0.25, 0.3) is 5.69 Å². The molecule has 10 heteroatoms. The Hall–Kier alpha value is -3.00. The predicted molar refractivity (Wildman–Crippen MR) is 122 cm³/mol. The second-order valence-corrected chi connectivity index (χ2v) is 9.44. The first kappa shape index (κ1) is 23.2. The summed E-state index contributed by atoms with van der Waals surface area (Å²) in [6.45, 7) is 3.34. The van der Waals surface area contributed by atoms with Crippen molar-refractivity contribution in [3.63, 3.8) is 0 Å². The zero-order chi connectivity index (χ0) is 23.8. The number of esters is 1. The Balaban J connectivity index is 1.71. The fraction of sp³-hybridized carbons (Fsp3) is 0.435. The van der Waals surface area contributed by atoms with Gasteiger partial charge in [-0.3, -0.25) is 4.79 Å². The first-order valence-corrected chi connectivity index (χ1v) is 12.2. The summed E-state index contributed by atoms with van der Waals surface area (Å²) in [5.41, 5.74) is 1.41. The van der Waals surface area contributed by atoms with E-state index in [1.165, 1.54) is 4.90 Å². The van der Waals surface area contributed by atoms with Crippen molar-refractivity contribution in [1.29, 1.82) is 0 Å². The Kier molecular flexibility index (Phi) is 6.38. The van der Waals surface area contributed by atoms with E-state index in [1.807, 2.05) is 6.07 Å². The van der Waals surface area contributed by atoms with E-state index in [9.17, 15) is 18.9 Å². The molecule has 0 radical (unpaired) electrons. The summed E-state index contributed by atoms with van der Waals surface area (Å²) >= 11 is 0. The molecule has 0 aliphatic carbocycles. The van der Waals surface area contributed by atoms with Crippen LogP contribution in [0.1, 0.15) is 40.7 Å². The molecule has 2 aromatic rings. The smallest absolute Gasteiger partial charge is 0.359 e. The van der Waals surface area contributed by atoms with Crippen molar-refractivity contribution >= 4 is 22.9 Å². The van der Waals surface area contributed by atoms with Crippen LogP contribution in [0.3, 0.4) is 0 Å². The molecular weight excluding hydrogens is 444 g/mol. The number of fused-ring (bicyclic) bond motifs is 1. The molecule has 2 aliphatic rings. The number of likely N-dealkylation sites (N-methyl/N-ethyl adjacent to an activating group) is 1. The Morgan fingerprint density at radius 2 is 2.15 bits per heavy atom. The van der Waals surface area contributed by atoms with Crippen molar-refractivity contribution in [3.05, 3.63) is 46.8 Å². The minimum absolute atomic E-state index is 0.215. The molecule has 3 heterocycles. The van der Waals surface area contributed by atoms with Crippen LogP contribution in [0.2, 0.25) is 0 Å². The molecule has 0 bridgehead atoms. The molecule has 1 saturated heterocycles. The van der Waals surface area contributed by atoms with Crippen LogP contribution in [-0.2, 0) is 33.5 Å². The van der Waals surface area contributed by atoms with Crippen LogP contribution in [-0.4, -0.2) is 78.8 Å². The zero-order valence-corrected chi connectivity index (χ0v) is 19.6. The quantitative estimate of drug-likeness (QED) is 0.520. The third-order valence-electron chi connectivity index (χ3n) is 5.87. The highest BCUT2D eigenvalue weighted by Crippen LogP contribution is 2.27. The van der Waals surface area contributed by atoms with Crippen molar-refractivity contribution in [2.75, 3.05) is 33.0 Å². The number of benzene rings is 1. The van der Waals surface area contributed by atoms with Gasteiger partial charge in [0.1, 0.15) is 0 Å². The Morgan fingerprint density at radius 1 is 1.36 bits per heavy atom. The minimum Gasteiger partial charge on any atom is -0.461 e. The highest BCUT2D eigenvalue weighted by molar-refractivity contribution is 7.81. The SMILES string of the molecule is CCOC(=O)c1nn(-c2cccc(C#C[C@]3(O)CCN(C)C3=O)c2)c2c1CN(S(C)=O)CC2. The number of carbonyl (C=O) groups excluding carboxylic acids is 2. The number of carbonyl (C=O) groups is 2. The van der Waals surface area contributed by atoms with E-state index < -0.39 is 28.5 Å². The lowest BCUT2D eigenvalue weighted by atomic mass is 10.0. The van der Waals surface area contributed by atoms with Gasteiger partial charge in [-0.05, 0) is 25.1 Å². The number of aliphatic hydroxyl groups is 1. The molecule has 1 N–H and O–H groups in total. The van der Waals surface area contributed by atoms with E-state index in [2.05, 4.69) is 16.9 Å². The van der Waals surface area contributed by atoms with Gasteiger partial charge in [-0.25, -0.2) is 18.0 Å². The largest absolute Gasteiger partial charge is 0.461 e.